The number of aromatic amines is 1. The van der Waals surface area contributed by atoms with Crippen LogP contribution in [0.25, 0.3) is 0 Å². The fourth-order valence-corrected chi connectivity index (χ4v) is 0.916. The van der Waals surface area contributed by atoms with Gasteiger partial charge < -0.3 is 9.84 Å². The van der Waals surface area contributed by atoms with Crippen LogP contribution in [0.1, 0.15) is 15.9 Å². The molecule has 0 aliphatic rings. The largest absolute Gasteiger partial charge is 0.482 e. The average Bonchev–Trinajstić information content (AvgIpc) is 2.16. The zero-order valence-electron chi connectivity index (χ0n) is 7.20. The van der Waals surface area contributed by atoms with Crippen LogP contribution in [0, 0.1) is 11.3 Å². The molecule has 0 spiro atoms. The van der Waals surface area contributed by atoms with E-state index in [1.807, 2.05) is 0 Å². The molecule has 2 N–H and O–H groups in total. The summed E-state index contributed by atoms with van der Waals surface area (Å²) in [6, 6.07) is 2.55. The number of nitrogens with one attached hydrogen (secondary N) is 1. The molecule has 0 unspecified atom stereocenters. The van der Waals surface area contributed by atoms with Gasteiger partial charge in [0, 0.05) is 0 Å². The summed E-state index contributed by atoms with van der Waals surface area (Å²) >= 11 is 0. The van der Waals surface area contributed by atoms with Gasteiger partial charge in [-0.2, -0.15) is 5.26 Å². The van der Waals surface area contributed by atoms with Gasteiger partial charge in [-0.05, 0) is 6.07 Å². The van der Waals surface area contributed by atoms with Gasteiger partial charge in [-0.15, -0.1) is 0 Å². The topological polar surface area (TPSA) is 103 Å². The lowest BCUT2D eigenvalue weighted by Gasteiger charge is -2.03. The summed E-state index contributed by atoms with van der Waals surface area (Å²) in [7, 11) is 1.23. The summed E-state index contributed by atoms with van der Waals surface area (Å²) in [5.41, 5.74) is -1.18. The molecule has 0 bridgehead atoms. The fraction of sp³-hybridized carbons (Fsp3) is 0.125. The van der Waals surface area contributed by atoms with Gasteiger partial charge in [-0.25, -0.2) is 4.79 Å². The number of methoxy groups -OCH3 is 1. The van der Waals surface area contributed by atoms with Gasteiger partial charge in [0.25, 0.3) is 5.56 Å². The Balaban J connectivity index is 3.50. The van der Waals surface area contributed by atoms with Crippen LogP contribution >= 0.6 is 0 Å². The number of hydrogen-bond donors (Lipinski definition) is 2. The van der Waals surface area contributed by atoms with Crippen LogP contribution in [0.5, 0.6) is 5.88 Å². The van der Waals surface area contributed by atoms with E-state index in [1.165, 1.54) is 7.11 Å². The normalized spacial score (nSPS) is 9.14. The molecule has 6 nitrogen and oxygen atoms in total. The molecule has 0 saturated heterocycles. The van der Waals surface area contributed by atoms with Crippen molar-refractivity contribution in [1.29, 1.82) is 5.26 Å². The summed E-state index contributed by atoms with van der Waals surface area (Å²) < 4.78 is 4.64. The zero-order valence-corrected chi connectivity index (χ0v) is 7.20. The number of aromatic carboxylic acids is 1. The summed E-state index contributed by atoms with van der Waals surface area (Å²) in [4.78, 5) is 23.8. The Kier molecular flexibility index (Phi) is 2.53. The highest BCUT2D eigenvalue weighted by Gasteiger charge is 2.14. The number of carboxylic acids is 1. The molecule has 0 radical (unpaired) electrons. The molecule has 0 aromatic carbocycles. The molecule has 1 aromatic rings. The van der Waals surface area contributed by atoms with E-state index < -0.39 is 11.5 Å². The lowest BCUT2D eigenvalue weighted by molar-refractivity contribution is 0.0692. The number of carbonyl (C=O) groups is 1. The molecule has 14 heavy (non-hydrogen) atoms. The number of ether oxygens (including phenoxy) is 1. The van der Waals surface area contributed by atoms with E-state index in [0.717, 1.165) is 6.07 Å². The minimum Gasteiger partial charge on any atom is -0.482 e. The number of pyridine rings is 1. The Morgan fingerprint density at radius 2 is 2.36 bits per heavy atom. The van der Waals surface area contributed by atoms with Crippen LogP contribution in [0.3, 0.4) is 0 Å². The SMILES string of the molecule is COc1[nH]c(=O)c(C#N)cc1C(=O)O. The van der Waals surface area contributed by atoms with Gasteiger partial charge in [-0.3, -0.25) is 9.78 Å². The number of hydrogen-bond acceptors (Lipinski definition) is 4. The first-order valence-electron chi connectivity index (χ1n) is 3.55. The van der Waals surface area contributed by atoms with E-state index >= 15 is 0 Å². The predicted molar refractivity (Wildman–Crippen MR) is 45.3 cm³/mol. The number of H-pyrrole nitrogens is 1. The molecule has 72 valence electrons. The standard InChI is InChI=1S/C8H6N2O4/c1-14-7-5(8(12)13)2-4(3-9)6(11)10-7/h2H,1H3,(H,10,11)(H,12,13). The molecule has 1 heterocycles. The Morgan fingerprint density at radius 1 is 1.71 bits per heavy atom. The van der Waals surface area contributed by atoms with Crippen molar-refractivity contribution in [2.24, 2.45) is 0 Å². The van der Waals surface area contributed by atoms with E-state index in [2.05, 4.69) is 9.72 Å². The highest BCUT2D eigenvalue weighted by molar-refractivity contribution is 5.90. The molecule has 1 aromatic heterocycles. The van der Waals surface area contributed by atoms with E-state index in [-0.39, 0.29) is 17.0 Å². The molecule has 1 rings (SSSR count). The summed E-state index contributed by atoms with van der Waals surface area (Å²) in [5.74, 6) is -1.43. The van der Waals surface area contributed by atoms with Gasteiger partial charge >= 0.3 is 5.97 Å². The number of aromatic nitrogens is 1. The number of nitriles is 1. The third-order valence-corrected chi connectivity index (χ3v) is 1.56. The van der Waals surface area contributed by atoms with E-state index in [1.54, 1.807) is 6.07 Å². The van der Waals surface area contributed by atoms with Crippen molar-refractivity contribution in [3.8, 4) is 11.9 Å². The third kappa shape index (κ3) is 1.56. The van der Waals surface area contributed by atoms with Crippen LogP contribution in [0.15, 0.2) is 10.9 Å². The fourth-order valence-electron chi connectivity index (χ4n) is 0.916. The molecule has 6 heteroatoms. The van der Waals surface area contributed by atoms with Crippen molar-refractivity contribution in [3.05, 3.63) is 27.5 Å². The Bertz CT molecular complexity index is 469. The lowest BCUT2D eigenvalue weighted by atomic mass is 10.2. The molecule has 0 aliphatic heterocycles. The van der Waals surface area contributed by atoms with E-state index in [4.69, 9.17) is 10.4 Å². The second-order valence-electron chi connectivity index (χ2n) is 2.38. The van der Waals surface area contributed by atoms with Crippen LogP contribution in [-0.4, -0.2) is 23.2 Å². The minimum absolute atomic E-state index is 0.165. The molecule has 0 aliphatic carbocycles. The monoisotopic (exact) mass is 194 g/mol. The van der Waals surface area contributed by atoms with Crippen LogP contribution < -0.4 is 10.3 Å². The number of carboxylic acid groups (broad SMARTS) is 1. The maximum absolute atomic E-state index is 11.1. The van der Waals surface area contributed by atoms with Crippen molar-refractivity contribution in [3.63, 3.8) is 0 Å². The van der Waals surface area contributed by atoms with Gasteiger partial charge in [-0.1, -0.05) is 0 Å². The first-order valence-corrected chi connectivity index (χ1v) is 3.55. The van der Waals surface area contributed by atoms with Crippen molar-refractivity contribution in [1.82, 2.24) is 4.98 Å². The van der Waals surface area contributed by atoms with Crippen LogP contribution in [0.4, 0.5) is 0 Å². The average molecular weight is 194 g/mol. The summed E-state index contributed by atoms with van der Waals surface area (Å²) in [6.07, 6.45) is 0. The molecule has 0 fully saturated rings. The second-order valence-corrected chi connectivity index (χ2v) is 2.38. The van der Waals surface area contributed by atoms with Crippen LogP contribution in [0.2, 0.25) is 0 Å². The Morgan fingerprint density at radius 3 is 2.79 bits per heavy atom. The number of rotatable bonds is 2. The first kappa shape index (κ1) is 9.80. The highest BCUT2D eigenvalue weighted by atomic mass is 16.5. The second kappa shape index (κ2) is 3.62. The third-order valence-electron chi connectivity index (χ3n) is 1.56. The van der Waals surface area contributed by atoms with E-state index in [9.17, 15) is 9.59 Å². The van der Waals surface area contributed by atoms with Crippen molar-refractivity contribution < 1.29 is 14.6 Å². The predicted octanol–water partition coefficient (Wildman–Crippen LogP) is -0.0466. The molecule has 0 atom stereocenters. The molecular weight excluding hydrogens is 188 g/mol. The van der Waals surface area contributed by atoms with Gasteiger partial charge in [0.2, 0.25) is 5.88 Å². The zero-order chi connectivity index (χ0) is 10.7. The highest BCUT2D eigenvalue weighted by Crippen LogP contribution is 2.12. The smallest absolute Gasteiger partial charge is 0.341 e. The molecular formula is C8H6N2O4. The summed E-state index contributed by atoms with van der Waals surface area (Å²) in [5, 5.41) is 17.2. The van der Waals surface area contributed by atoms with Gasteiger partial charge in [0.05, 0.1) is 7.11 Å². The maximum Gasteiger partial charge on any atom is 0.341 e. The van der Waals surface area contributed by atoms with E-state index in [0.29, 0.717) is 0 Å². The minimum atomic E-state index is -1.27. The van der Waals surface area contributed by atoms with Crippen molar-refractivity contribution in [2.45, 2.75) is 0 Å². The first-order chi connectivity index (χ1) is 6.60. The molecule has 0 amide bonds. The quantitative estimate of drug-likeness (QED) is 0.687. The lowest BCUT2D eigenvalue weighted by Crippen LogP contribution is -2.15. The van der Waals surface area contributed by atoms with Crippen molar-refractivity contribution in [2.75, 3.05) is 7.11 Å². The van der Waals surface area contributed by atoms with Gasteiger partial charge in [0.15, 0.2) is 0 Å². The van der Waals surface area contributed by atoms with Crippen molar-refractivity contribution >= 4 is 5.97 Å². The Labute approximate surface area is 78.4 Å². The molecule has 0 saturated carbocycles. The van der Waals surface area contributed by atoms with Crippen LogP contribution in [-0.2, 0) is 0 Å². The Hall–Kier alpha value is -2.29. The summed E-state index contributed by atoms with van der Waals surface area (Å²) in [6.45, 7) is 0. The van der Waals surface area contributed by atoms with Gasteiger partial charge in [0.1, 0.15) is 17.2 Å². The number of nitrogens with zero attached hydrogens (tertiary/aromatic N) is 1. The maximum atomic E-state index is 11.1.